The third-order valence-electron chi connectivity index (χ3n) is 6.95. The van der Waals surface area contributed by atoms with Crippen molar-refractivity contribution in [1.82, 2.24) is 19.7 Å². The number of carbonyl (C=O) groups is 2. The minimum atomic E-state index is -0.708. The number of nitrogens with two attached hydrogens (primary N) is 1. The first-order valence-corrected chi connectivity index (χ1v) is 14.8. The Hall–Kier alpha value is -3.94. The quantitative estimate of drug-likeness (QED) is 0.206. The first-order chi connectivity index (χ1) is 21.2. The lowest BCUT2D eigenvalue weighted by atomic mass is 9.96. The van der Waals surface area contributed by atoms with Crippen molar-refractivity contribution in [1.29, 1.82) is 0 Å². The molecule has 1 aliphatic heterocycles. The van der Waals surface area contributed by atoms with Gasteiger partial charge in [0.15, 0.2) is 17.1 Å². The van der Waals surface area contributed by atoms with Crippen LogP contribution in [-0.2, 0) is 19.1 Å². The Bertz CT molecular complexity index is 1710. The van der Waals surface area contributed by atoms with Crippen molar-refractivity contribution in [3.8, 4) is 16.9 Å². The highest BCUT2D eigenvalue weighted by molar-refractivity contribution is 6.36. The molecule has 12 nitrogen and oxygen atoms in total. The monoisotopic (exact) mass is 665 g/mol. The molecule has 0 amide bonds. The van der Waals surface area contributed by atoms with Crippen molar-refractivity contribution in [3.63, 3.8) is 0 Å². The van der Waals surface area contributed by atoms with Crippen LogP contribution in [0.2, 0.25) is 10.0 Å². The van der Waals surface area contributed by atoms with Gasteiger partial charge in [0.05, 0.1) is 30.8 Å². The van der Waals surface area contributed by atoms with Crippen LogP contribution in [0, 0.1) is 11.7 Å². The number of aromatic nitrogens is 3. The first kappa shape index (κ1) is 33.9. The molecule has 1 aliphatic rings. The SMILES string of the molecule is CC(Oc1cc(-c2cn3nc2c(=O)o3)cnc1N)c1c(Cl)ccc(F)c1Cl.COC(=O)CN1CCC(C(=O)OC(C)(C)C)CC1. The number of nitrogens with zero attached hydrogens (tertiary/aromatic N) is 4. The highest BCUT2D eigenvalue weighted by atomic mass is 35.5. The Labute approximate surface area is 268 Å². The minimum Gasteiger partial charge on any atom is -0.482 e. The van der Waals surface area contributed by atoms with Crippen LogP contribution in [0.25, 0.3) is 16.6 Å². The van der Waals surface area contributed by atoms with E-state index < -0.39 is 23.1 Å². The molecule has 45 heavy (non-hydrogen) atoms. The predicted molar refractivity (Wildman–Crippen MR) is 165 cm³/mol. The van der Waals surface area contributed by atoms with Gasteiger partial charge in [-0.3, -0.25) is 14.5 Å². The predicted octanol–water partition coefficient (Wildman–Crippen LogP) is 5.17. The number of likely N-dealkylation sites (tertiary alicyclic amines) is 1. The van der Waals surface area contributed by atoms with Gasteiger partial charge in [-0.2, -0.15) is 0 Å². The molecule has 0 spiro atoms. The van der Waals surface area contributed by atoms with Gasteiger partial charge in [0.2, 0.25) is 0 Å². The number of benzene rings is 1. The molecular formula is C30H34Cl2FN5O7. The fourth-order valence-corrected chi connectivity index (χ4v) is 5.39. The summed E-state index contributed by atoms with van der Waals surface area (Å²) in [4.78, 5) is 40.8. The van der Waals surface area contributed by atoms with E-state index in [0.717, 1.165) is 30.6 Å². The van der Waals surface area contributed by atoms with Crippen LogP contribution < -0.4 is 16.1 Å². The highest BCUT2D eigenvalue weighted by Crippen LogP contribution is 2.37. The van der Waals surface area contributed by atoms with E-state index in [1.165, 1.54) is 31.6 Å². The molecule has 3 aromatic heterocycles. The van der Waals surface area contributed by atoms with Crippen LogP contribution in [0.4, 0.5) is 10.2 Å². The zero-order chi connectivity index (χ0) is 33.1. The number of piperidine rings is 1. The molecule has 242 valence electrons. The number of methoxy groups -OCH3 is 1. The zero-order valence-electron chi connectivity index (χ0n) is 25.4. The Balaban J connectivity index is 0.000000224. The van der Waals surface area contributed by atoms with Gasteiger partial charge in [0, 0.05) is 27.9 Å². The van der Waals surface area contributed by atoms with Gasteiger partial charge in [-0.25, -0.2) is 14.2 Å². The van der Waals surface area contributed by atoms with E-state index in [-0.39, 0.29) is 45.0 Å². The van der Waals surface area contributed by atoms with Gasteiger partial charge >= 0.3 is 17.6 Å². The lowest BCUT2D eigenvalue weighted by molar-refractivity contribution is -0.161. The summed E-state index contributed by atoms with van der Waals surface area (Å²) >= 11 is 12.2. The van der Waals surface area contributed by atoms with Gasteiger partial charge in [-0.15, -0.1) is 5.10 Å². The molecular weight excluding hydrogens is 632 g/mol. The fraction of sp³-hybridized carbons (Fsp3) is 0.433. The smallest absolute Gasteiger partial charge is 0.386 e. The molecule has 15 heteroatoms. The number of fused-ring (bicyclic) bond motifs is 2. The second-order valence-corrected chi connectivity index (χ2v) is 12.2. The third-order valence-corrected chi connectivity index (χ3v) is 7.67. The van der Waals surface area contributed by atoms with E-state index in [4.69, 9.17) is 42.9 Å². The largest absolute Gasteiger partial charge is 0.482 e. The second-order valence-electron chi connectivity index (χ2n) is 11.5. The molecule has 2 N–H and O–H groups in total. The molecule has 0 aliphatic carbocycles. The van der Waals surface area contributed by atoms with E-state index in [0.29, 0.717) is 23.2 Å². The number of pyridine rings is 1. The van der Waals surface area contributed by atoms with E-state index >= 15 is 0 Å². The lowest BCUT2D eigenvalue weighted by Gasteiger charge is -2.31. The lowest BCUT2D eigenvalue weighted by Crippen LogP contribution is -2.41. The summed E-state index contributed by atoms with van der Waals surface area (Å²) in [6, 6.07) is 4.17. The summed E-state index contributed by atoms with van der Waals surface area (Å²) in [5.74, 6) is -0.667. The maximum absolute atomic E-state index is 13.8. The summed E-state index contributed by atoms with van der Waals surface area (Å²) in [7, 11) is 1.38. The van der Waals surface area contributed by atoms with Gasteiger partial charge < -0.3 is 24.5 Å². The maximum Gasteiger partial charge on any atom is 0.386 e. The molecule has 4 aromatic rings. The van der Waals surface area contributed by atoms with E-state index in [9.17, 15) is 18.8 Å². The summed E-state index contributed by atoms with van der Waals surface area (Å²) in [6.07, 6.45) is 3.80. The molecule has 0 saturated carbocycles. The molecule has 2 bridgehead atoms. The molecule has 1 atom stereocenters. The van der Waals surface area contributed by atoms with E-state index in [1.807, 2.05) is 25.7 Å². The number of ether oxygens (including phenoxy) is 3. The number of esters is 2. The topological polar surface area (TPSA) is 151 Å². The Morgan fingerprint density at radius 2 is 1.91 bits per heavy atom. The summed E-state index contributed by atoms with van der Waals surface area (Å²) in [6.45, 7) is 9.05. The molecule has 1 aromatic carbocycles. The van der Waals surface area contributed by atoms with E-state index in [2.05, 4.69) is 14.8 Å². The number of nitrogen functional groups attached to an aromatic ring is 1. The van der Waals surface area contributed by atoms with Crippen LogP contribution in [0.1, 0.15) is 52.2 Å². The molecule has 0 radical (unpaired) electrons. The summed E-state index contributed by atoms with van der Waals surface area (Å²) in [5, 5.41) is 4.08. The fourth-order valence-electron chi connectivity index (χ4n) is 4.71. The van der Waals surface area contributed by atoms with Crippen molar-refractivity contribution in [2.24, 2.45) is 5.92 Å². The standard InChI is InChI=1S/C17H11Cl2FN4O3.C13H23NO4/c1-7(13-10(18)2-3-11(20)14(13)19)26-12-4-8(5-22-16(12)21)9-6-24-23-15(9)17(25)27-24;1-13(2,3)18-12(16)10-5-7-14(8-6-10)9-11(15)17-4/h2-7H,1H3,(H2,21,22);10H,5-9H2,1-4H3. The number of halogens is 3. The molecule has 1 unspecified atom stereocenters. The van der Waals surface area contributed by atoms with Crippen molar-refractivity contribution in [2.45, 2.75) is 52.2 Å². The average molecular weight is 667 g/mol. The average Bonchev–Trinajstić information content (AvgIpc) is 3.56. The molecule has 1 fully saturated rings. The van der Waals surface area contributed by atoms with Gasteiger partial charge in [-0.1, -0.05) is 27.9 Å². The number of hydrogen-bond acceptors (Lipinski definition) is 11. The van der Waals surface area contributed by atoms with Crippen LogP contribution in [0.5, 0.6) is 5.75 Å². The summed E-state index contributed by atoms with van der Waals surface area (Å²) in [5.41, 5.74) is 6.45. The van der Waals surface area contributed by atoms with Crippen molar-refractivity contribution < 1.29 is 32.7 Å². The van der Waals surface area contributed by atoms with Crippen LogP contribution >= 0.6 is 23.2 Å². The minimum absolute atomic E-state index is 0.0434. The van der Waals surface area contributed by atoms with Gasteiger partial charge in [-0.05, 0) is 71.8 Å². The Kier molecular flexibility index (Phi) is 10.6. The first-order valence-electron chi connectivity index (χ1n) is 14.1. The maximum atomic E-state index is 13.8. The summed E-state index contributed by atoms with van der Waals surface area (Å²) < 4.78 is 35.5. The highest BCUT2D eigenvalue weighted by Gasteiger charge is 2.29. The van der Waals surface area contributed by atoms with Crippen molar-refractivity contribution in [3.05, 3.63) is 62.4 Å². The molecule has 1 saturated heterocycles. The van der Waals surface area contributed by atoms with Crippen molar-refractivity contribution >= 4 is 46.5 Å². The Morgan fingerprint density at radius 1 is 1.22 bits per heavy atom. The Morgan fingerprint density at radius 3 is 2.51 bits per heavy atom. The second kappa shape index (κ2) is 14.0. The van der Waals surface area contributed by atoms with Crippen molar-refractivity contribution in [2.75, 3.05) is 32.5 Å². The third kappa shape index (κ3) is 8.41. The van der Waals surface area contributed by atoms with Crippen LogP contribution in [0.3, 0.4) is 0 Å². The number of anilines is 1. The number of rotatable bonds is 7. The van der Waals surface area contributed by atoms with Crippen LogP contribution in [-0.4, -0.2) is 64.0 Å². The normalized spacial score (nSPS) is 14.9. The van der Waals surface area contributed by atoms with Gasteiger partial charge in [0.25, 0.3) is 0 Å². The number of hydrogen-bond donors (Lipinski definition) is 1. The molecule has 5 rings (SSSR count). The zero-order valence-corrected chi connectivity index (χ0v) is 26.9. The molecule has 4 heterocycles. The number of carbonyl (C=O) groups excluding carboxylic acids is 2. The van der Waals surface area contributed by atoms with Gasteiger partial charge in [0.1, 0.15) is 17.5 Å². The van der Waals surface area contributed by atoms with E-state index in [1.54, 1.807) is 13.0 Å². The van der Waals surface area contributed by atoms with Crippen LogP contribution in [0.15, 0.2) is 39.9 Å².